The number of hydrogen-bond acceptors (Lipinski definition) is 4. The third-order valence-corrected chi connectivity index (χ3v) is 5.72. The van der Waals surface area contributed by atoms with E-state index in [0.29, 0.717) is 0 Å². The van der Waals surface area contributed by atoms with E-state index in [4.69, 9.17) is 17.0 Å². The molecule has 1 aromatic rings. The molecule has 0 saturated carbocycles. The smallest absolute Gasteiger partial charge is 0.118 e. The van der Waals surface area contributed by atoms with Gasteiger partial charge < -0.3 is 4.74 Å². The van der Waals surface area contributed by atoms with Gasteiger partial charge in [-0.05, 0) is 35.1 Å². The van der Waals surface area contributed by atoms with E-state index in [0.717, 1.165) is 15.5 Å². The van der Waals surface area contributed by atoms with E-state index in [1.54, 1.807) is 28.7 Å². The van der Waals surface area contributed by atoms with Crippen molar-refractivity contribution in [3.8, 4) is 5.75 Å². The van der Waals surface area contributed by atoms with E-state index in [2.05, 4.69) is 20.8 Å². The quantitative estimate of drug-likeness (QED) is 0.589. The fraction of sp³-hybridized carbons (Fsp3) is 0.417. The summed E-state index contributed by atoms with van der Waals surface area (Å²) in [5, 5.41) is 0. The fourth-order valence-corrected chi connectivity index (χ4v) is 3.20. The van der Waals surface area contributed by atoms with Gasteiger partial charge in [-0.1, -0.05) is 43.8 Å². The van der Waals surface area contributed by atoms with Gasteiger partial charge in [0.2, 0.25) is 0 Å². The molecule has 0 radical (unpaired) electrons. The summed E-state index contributed by atoms with van der Waals surface area (Å²) < 4.78 is 6.25. The zero-order chi connectivity index (χ0) is 12.2. The first-order valence-corrected chi connectivity index (χ1v) is 7.52. The summed E-state index contributed by atoms with van der Waals surface area (Å²) in [6.45, 7) is 6.55. The molecule has 0 heterocycles. The standard InChI is InChI=1S/C12H16OS3/c1-12(2,3)16-15-11(14)9-5-7-10(13-4)8-6-9/h5-8H,1-4H3. The minimum absolute atomic E-state index is 0.223. The van der Waals surface area contributed by atoms with Crippen LogP contribution in [0.2, 0.25) is 0 Å². The molecule has 4 heteroatoms. The van der Waals surface area contributed by atoms with E-state index >= 15 is 0 Å². The lowest BCUT2D eigenvalue weighted by Gasteiger charge is -2.16. The van der Waals surface area contributed by atoms with Crippen LogP contribution in [0, 0.1) is 0 Å². The van der Waals surface area contributed by atoms with Crippen molar-refractivity contribution in [1.82, 2.24) is 0 Å². The molecule has 0 saturated heterocycles. The second-order valence-corrected chi connectivity index (χ2v) is 7.93. The minimum Gasteiger partial charge on any atom is -0.497 e. The van der Waals surface area contributed by atoms with Crippen LogP contribution in [-0.2, 0) is 0 Å². The lowest BCUT2D eigenvalue weighted by Crippen LogP contribution is -2.05. The molecule has 0 aliphatic rings. The third-order valence-electron chi connectivity index (χ3n) is 1.69. The van der Waals surface area contributed by atoms with Gasteiger partial charge in [-0.15, -0.1) is 0 Å². The Labute approximate surface area is 111 Å². The Bertz CT molecular complexity index is 352. The highest BCUT2D eigenvalue weighted by Gasteiger charge is 2.13. The van der Waals surface area contributed by atoms with Gasteiger partial charge in [0.25, 0.3) is 0 Å². The maximum absolute atomic E-state index is 5.37. The normalized spacial score (nSPS) is 11.2. The van der Waals surface area contributed by atoms with Gasteiger partial charge in [0, 0.05) is 10.3 Å². The van der Waals surface area contributed by atoms with Gasteiger partial charge in [0.05, 0.1) is 11.3 Å². The topological polar surface area (TPSA) is 9.23 Å². The second kappa shape index (κ2) is 5.94. The maximum Gasteiger partial charge on any atom is 0.118 e. The molecule has 88 valence electrons. The minimum atomic E-state index is 0.223. The average Bonchev–Trinajstić information content (AvgIpc) is 2.25. The van der Waals surface area contributed by atoms with Gasteiger partial charge in [-0.25, -0.2) is 0 Å². The summed E-state index contributed by atoms with van der Waals surface area (Å²) in [6, 6.07) is 7.86. The monoisotopic (exact) mass is 272 g/mol. The van der Waals surface area contributed by atoms with Crippen LogP contribution < -0.4 is 4.74 Å². The van der Waals surface area contributed by atoms with E-state index in [1.165, 1.54) is 0 Å². The number of hydrogen-bond donors (Lipinski definition) is 0. The van der Waals surface area contributed by atoms with Crippen LogP contribution in [0.5, 0.6) is 5.75 Å². The summed E-state index contributed by atoms with van der Waals surface area (Å²) in [5.74, 6) is 0.861. The van der Waals surface area contributed by atoms with Crippen LogP contribution in [0.25, 0.3) is 0 Å². The number of benzene rings is 1. The Hall–Kier alpha value is -0.190. The summed E-state index contributed by atoms with van der Waals surface area (Å²) in [4.78, 5) is 0. The molecule has 0 unspecified atom stereocenters. The summed E-state index contributed by atoms with van der Waals surface area (Å²) in [5.41, 5.74) is 1.08. The molecule has 0 amide bonds. The van der Waals surface area contributed by atoms with Crippen LogP contribution in [-0.4, -0.2) is 16.1 Å². The Morgan fingerprint density at radius 3 is 2.19 bits per heavy atom. The molecule has 0 aromatic heterocycles. The lowest BCUT2D eigenvalue weighted by molar-refractivity contribution is 0.415. The van der Waals surface area contributed by atoms with Crippen molar-refractivity contribution in [3.05, 3.63) is 29.8 Å². The molecule has 16 heavy (non-hydrogen) atoms. The molecule has 0 aliphatic heterocycles. The van der Waals surface area contributed by atoms with Crippen molar-refractivity contribution >= 4 is 38.0 Å². The number of rotatable bonds is 3. The highest BCUT2D eigenvalue weighted by atomic mass is 33.1. The summed E-state index contributed by atoms with van der Waals surface area (Å²) >= 11 is 5.37. The van der Waals surface area contributed by atoms with Crippen molar-refractivity contribution in [2.45, 2.75) is 25.5 Å². The van der Waals surface area contributed by atoms with Gasteiger partial charge in [0.1, 0.15) is 5.75 Å². The molecule has 1 nitrogen and oxygen atoms in total. The summed E-state index contributed by atoms with van der Waals surface area (Å²) in [6.07, 6.45) is 0. The van der Waals surface area contributed by atoms with Gasteiger partial charge in [-0.3, -0.25) is 0 Å². The average molecular weight is 272 g/mol. The Morgan fingerprint density at radius 1 is 1.19 bits per heavy atom. The van der Waals surface area contributed by atoms with E-state index in [1.807, 2.05) is 24.3 Å². The predicted molar refractivity (Wildman–Crippen MR) is 79.6 cm³/mol. The Morgan fingerprint density at radius 2 is 1.75 bits per heavy atom. The van der Waals surface area contributed by atoms with E-state index in [9.17, 15) is 0 Å². The van der Waals surface area contributed by atoms with E-state index < -0.39 is 0 Å². The van der Waals surface area contributed by atoms with Crippen molar-refractivity contribution in [2.24, 2.45) is 0 Å². The van der Waals surface area contributed by atoms with E-state index in [-0.39, 0.29) is 4.75 Å². The molecule has 0 N–H and O–H groups in total. The molecule has 1 rings (SSSR count). The van der Waals surface area contributed by atoms with Crippen LogP contribution in [0.4, 0.5) is 0 Å². The Balaban J connectivity index is 2.59. The predicted octanol–water partition coefficient (Wildman–Crippen LogP) is 4.55. The fourth-order valence-electron chi connectivity index (χ4n) is 0.938. The molecule has 0 atom stereocenters. The Kier molecular flexibility index (Phi) is 5.15. The number of ether oxygens (including phenoxy) is 1. The summed E-state index contributed by atoms with van der Waals surface area (Å²) in [7, 11) is 5.11. The van der Waals surface area contributed by atoms with Gasteiger partial charge >= 0.3 is 0 Å². The lowest BCUT2D eigenvalue weighted by atomic mass is 10.2. The van der Waals surface area contributed by atoms with Crippen LogP contribution in [0.3, 0.4) is 0 Å². The molecular weight excluding hydrogens is 256 g/mol. The largest absolute Gasteiger partial charge is 0.497 e. The van der Waals surface area contributed by atoms with Gasteiger partial charge in [0.15, 0.2) is 0 Å². The van der Waals surface area contributed by atoms with Crippen LogP contribution in [0.1, 0.15) is 26.3 Å². The zero-order valence-corrected chi connectivity index (χ0v) is 12.4. The first kappa shape index (κ1) is 13.9. The van der Waals surface area contributed by atoms with Crippen molar-refractivity contribution in [1.29, 1.82) is 0 Å². The van der Waals surface area contributed by atoms with Crippen molar-refractivity contribution in [2.75, 3.05) is 7.11 Å². The second-order valence-electron chi connectivity index (χ2n) is 4.29. The number of methoxy groups -OCH3 is 1. The third kappa shape index (κ3) is 4.76. The maximum atomic E-state index is 5.37. The molecule has 1 aromatic carbocycles. The van der Waals surface area contributed by atoms with Crippen LogP contribution in [0.15, 0.2) is 24.3 Å². The van der Waals surface area contributed by atoms with Crippen LogP contribution >= 0.6 is 33.8 Å². The zero-order valence-electron chi connectivity index (χ0n) is 9.94. The molecule has 0 aliphatic carbocycles. The first-order chi connectivity index (χ1) is 7.42. The van der Waals surface area contributed by atoms with Crippen molar-refractivity contribution < 1.29 is 4.74 Å². The molecular formula is C12H16OS3. The highest BCUT2D eigenvalue weighted by Crippen LogP contribution is 2.37. The highest BCUT2D eigenvalue weighted by molar-refractivity contribution is 8.84. The molecule has 0 spiro atoms. The van der Waals surface area contributed by atoms with Gasteiger partial charge in [-0.2, -0.15) is 0 Å². The molecule has 0 bridgehead atoms. The SMILES string of the molecule is COc1ccc(C(=S)SSC(C)(C)C)cc1. The molecule has 0 fully saturated rings. The first-order valence-electron chi connectivity index (χ1n) is 4.96. The van der Waals surface area contributed by atoms with Crippen molar-refractivity contribution in [3.63, 3.8) is 0 Å². The number of thiocarbonyl (C=S) groups is 1.